The lowest BCUT2D eigenvalue weighted by atomic mass is 10.1. The van der Waals surface area contributed by atoms with E-state index >= 15 is 0 Å². The van der Waals surface area contributed by atoms with Gasteiger partial charge in [0.2, 0.25) is 0 Å². The van der Waals surface area contributed by atoms with Crippen LogP contribution in [0.25, 0.3) is 0 Å². The van der Waals surface area contributed by atoms with Crippen molar-refractivity contribution < 1.29 is 9.84 Å². The molecule has 0 aromatic heterocycles. The lowest BCUT2D eigenvalue weighted by Gasteiger charge is -2.15. The Hall–Kier alpha value is -2.00. The van der Waals surface area contributed by atoms with Crippen LogP contribution in [0.3, 0.4) is 0 Å². The minimum Gasteiger partial charge on any atom is -0.508 e. The van der Waals surface area contributed by atoms with E-state index in [0.29, 0.717) is 6.61 Å². The van der Waals surface area contributed by atoms with Gasteiger partial charge in [0, 0.05) is 11.6 Å². The number of phenolic OH excluding ortho intramolecular Hbond substituents is 1. The van der Waals surface area contributed by atoms with Crippen molar-refractivity contribution in [1.82, 2.24) is 0 Å². The van der Waals surface area contributed by atoms with Crippen LogP contribution in [0.15, 0.2) is 42.5 Å². The highest BCUT2D eigenvalue weighted by atomic mass is 16.5. The van der Waals surface area contributed by atoms with Crippen LogP contribution in [-0.4, -0.2) is 5.11 Å². The number of rotatable bonds is 4. The number of aromatic hydroxyl groups is 1. The number of hydrogen-bond acceptors (Lipinski definition) is 3. The molecule has 100 valence electrons. The smallest absolute Gasteiger partial charge is 0.124 e. The van der Waals surface area contributed by atoms with Crippen molar-refractivity contribution in [2.75, 3.05) is 0 Å². The van der Waals surface area contributed by atoms with E-state index in [-0.39, 0.29) is 11.8 Å². The zero-order chi connectivity index (χ0) is 13.8. The van der Waals surface area contributed by atoms with Crippen LogP contribution >= 0.6 is 0 Å². The predicted molar refractivity (Wildman–Crippen MR) is 76.2 cm³/mol. The van der Waals surface area contributed by atoms with E-state index < -0.39 is 0 Å². The predicted octanol–water partition coefficient (Wildman–Crippen LogP) is 3.30. The number of aryl methyl sites for hydroxylation is 1. The highest BCUT2D eigenvalue weighted by Crippen LogP contribution is 2.26. The third-order valence-corrected chi connectivity index (χ3v) is 2.96. The average Bonchev–Trinajstić information content (AvgIpc) is 2.36. The third-order valence-electron chi connectivity index (χ3n) is 2.96. The molecule has 0 aliphatic carbocycles. The maximum atomic E-state index is 9.42. The summed E-state index contributed by atoms with van der Waals surface area (Å²) in [6.07, 6.45) is 0. The SMILES string of the molecule is Cc1ccc([C@H](C)N)c(OCc2cccc(O)c2)c1. The molecule has 2 aromatic carbocycles. The Labute approximate surface area is 113 Å². The Balaban J connectivity index is 2.17. The molecule has 0 unspecified atom stereocenters. The van der Waals surface area contributed by atoms with E-state index in [2.05, 4.69) is 0 Å². The number of phenols is 1. The van der Waals surface area contributed by atoms with E-state index in [9.17, 15) is 5.11 Å². The van der Waals surface area contributed by atoms with Gasteiger partial charge in [-0.05, 0) is 43.2 Å². The second-order valence-corrected chi connectivity index (χ2v) is 4.79. The molecule has 1 atom stereocenters. The van der Waals surface area contributed by atoms with Crippen molar-refractivity contribution in [3.05, 3.63) is 59.2 Å². The van der Waals surface area contributed by atoms with Crippen LogP contribution < -0.4 is 10.5 Å². The van der Waals surface area contributed by atoms with Gasteiger partial charge in [0.25, 0.3) is 0 Å². The molecule has 0 aliphatic rings. The molecule has 0 bridgehead atoms. The van der Waals surface area contributed by atoms with E-state index in [1.807, 2.05) is 38.1 Å². The Morgan fingerprint density at radius 3 is 2.68 bits per heavy atom. The molecule has 0 amide bonds. The molecule has 0 fully saturated rings. The fourth-order valence-corrected chi connectivity index (χ4v) is 1.95. The third kappa shape index (κ3) is 3.48. The summed E-state index contributed by atoms with van der Waals surface area (Å²) >= 11 is 0. The van der Waals surface area contributed by atoms with Gasteiger partial charge < -0.3 is 15.6 Å². The molecule has 2 aromatic rings. The number of ether oxygens (including phenoxy) is 1. The molecule has 3 nitrogen and oxygen atoms in total. The van der Waals surface area contributed by atoms with E-state index in [1.54, 1.807) is 18.2 Å². The summed E-state index contributed by atoms with van der Waals surface area (Å²) in [5.74, 6) is 1.05. The molecule has 0 radical (unpaired) electrons. The largest absolute Gasteiger partial charge is 0.508 e. The molecule has 3 N–H and O–H groups in total. The number of benzene rings is 2. The van der Waals surface area contributed by atoms with E-state index in [0.717, 1.165) is 22.4 Å². The molecule has 2 rings (SSSR count). The first-order valence-electron chi connectivity index (χ1n) is 6.33. The first-order valence-corrected chi connectivity index (χ1v) is 6.33. The molecular weight excluding hydrogens is 238 g/mol. The van der Waals surface area contributed by atoms with Crippen LogP contribution in [0.2, 0.25) is 0 Å². The highest BCUT2D eigenvalue weighted by molar-refractivity contribution is 5.39. The van der Waals surface area contributed by atoms with Gasteiger partial charge in [-0.2, -0.15) is 0 Å². The van der Waals surface area contributed by atoms with Gasteiger partial charge in [-0.3, -0.25) is 0 Å². The summed E-state index contributed by atoms with van der Waals surface area (Å²) in [5.41, 5.74) is 8.99. The molecule has 0 aliphatic heterocycles. The quantitative estimate of drug-likeness (QED) is 0.883. The normalized spacial score (nSPS) is 12.2. The molecule has 0 spiro atoms. The molecular formula is C16H19NO2. The van der Waals surface area contributed by atoms with Crippen molar-refractivity contribution >= 4 is 0 Å². The molecule has 0 saturated carbocycles. The topological polar surface area (TPSA) is 55.5 Å². The van der Waals surface area contributed by atoms with Gasteiger partial charge in [-0.15, -0.1) is 0 Å². The van der Waals surface area contributed by atoms with Crippen LogP contribution in [0.4, 0.5) is 0 Å². The highest BCUT2D eigenvalue weighted by Gasteiger charge is 2.08. The minimum absolute atomic E-state index is 0.0697. The summed E-state index contributed by atoms with van der Waals surface area (Å²) in [5, 5.41) is 9.42. The minimum atomic E-state index is -0.0697. The first kappa shape index (κ1) is 13.4. The summed E-state index contributed by atoms with van der Waals surface area (Å²) in [4.78, 5) is 0. The Morgan fingerprint density at radius 2 is 2.00 bits per heavy atom. The van der Waals surface area contributed by atoms with Crippen molar-refractivity contribution in [3.63, 3.8) is 0 Å². The van der Waals surface area contributed by atoms with Crippen LogP contribution in [-0.2, 0) is 6.61 Å². The maximum absolute atomic E-state index is 9.42. The zero-order valence-electron chi connectivity index (χ0n) is 11.3. The van der Waals surface area contributed by atoms with Crippen LogP contribution in [0.5, 0.6) is 11.5 Å². The van der Waals surface area contributed by atoms with Gasteiger partial charge in [0.15, 0.2) is 0 Å². The van der Waals surface area contributed by atoms with E-state index in [4.69, 9.17) is 10.5 Å². The molecule has 0 heterocycles. The lowest BCUT2D eigenvalue weighted by molar-refractivity contribution is 0.300. The van der Waals surface area contributed by atoms with Gasteiger partial charge in [-0.25, -0.2) is 0 Å². The van der Waals surface area contributed by atoms with Crippen LogP contribution in [0, 0.1) is 6.92 Å². The number of hydrogen-bond donors (Lipinski definition) is 2. The maximum Gasteiger partial charge on any atom is 0.124 e. The standard InChI is InChI=1S/C16H19NO2/c1-11-6-7-15(12(2)17)16(8-11)19-10-13-4-3-5-14(18)9-13/h3-9,12,18H,10,17H2,1-2H3/t12-/m0/s1. The van der Waals surface area contributed by atoms with Crippen molar-refractivity contribution in [3.8, 4) is 11.5 Å². The fraction of sp³-hybridized carbons (Fsp3) is 0.250. The van der Waals surface area contributed by atoms with Gasteiger partial charge in [0.1, 0.15) is 18.1 Å². The van der Waals surface area contributed by atoms with Crippen molar-refractivity contribution in [2.24, 2.45) is 5.73 Å². The Bertz CT molecular complexity index is 564. The second-order valence-electron chi connectivity index (χ2n) is 4.79. The van der Waals surface area contributed by atoms with Gasteiger partial charge in [0.05, 0.1) is 0 Å². The average molecular weight is 257 g/mol. The van der Waals surface area contributed by atoms with Crippen molar-refractivity contribution in [2.45, 2.75) is 26.5 Å². The zero-order valence-corrected chi connectivity index (χ0v) is 11.3. The number of nitrogens with two attached hydrogens (primary N) is 1. The summed E-state index contributed by atoms with van der Waals surface area (Å²) in [6, 6.07) is 13.0. The monoisotopic (exact) mass is 257 g/mol. The summed E-state index contributed by atoms with van der Waals surface area (Å²) in [6.45, 7) is 4.37. The first-order chi connectivity index (χ1) is 9.06. The Kier molecular flexibility index (Phi) is 4.07. The van der Waals surface area contributed by atoms with Gasteiger partial charge in [-0.1, -0.05) is 24.3 Å². The second kappa shape index (κ2) is 5.76. The molecule has 3 heteroatoms. The van der Waals surface area contributed by atoms with Crippen LogP contribution in [0.1, 0.15) is 29.7 Å². The Morgan fingerprint density at radius 1 is 1.21 bits per heavy atom. The van der Waals surface area contributed by atoms with Crippen molar-refractivity contribution in [1.29, 1.82) is 0 Å². The molecule has 19 heavy (non-hydrogen) atoms. The summed E-state index contributed by atoms with van der Waals surface area (Å²) in [7, 11) is 0. The van der Waals surface area contributed by atoms with E-state index in [1.165, 1.54) is 0 Å². The van der Waals surface area contributed by atoms with Gasteiger partial charge >= 0.3 is 0 Å². The lowest BCUT2D eigenvalue weighted by Crippen LogP contribution is -2.08. The molecule has 0 saturated heterocycles. The fourth-order valence-electron chi connectivity index (χ4n) is 1.95. The summed E-state index contributed by atoms with van der Waals surface area (Å²) < 4.78 is 5.83.